The third kappa shape index (κ3) is 3.58. The molecule has 1 aromatic carbocycles. The minimum absolute atomic E-state index is 0.145. The van der Waals surface area contributed by atoms with E-state index in [1.165, 1.54) is 23.7 Å². The smallest absolute Gasteiger partial charge is 0.343 e. The monoisotopic (exact) mass is 308 g/mol. The number of hydrogen-bond donors (Lipinski definition) is 1. The van der Waals surface area contributed by atoms with E-state index in [-0.39, 0.29) is 11.9 Å². The van der Waals surface area contributed by atoms with Crippen LogP contribution in [0.2, 0.25) is 0 Å². The van der Waals surface area contributed by atoms with Crippen LogP contribution in [0.3, 0.4) is 0 Å². The van der Waals surface area contributed by atoms with Gasteiger partial charge in [-0.05, 0) is 50.0 Å². The molecule has 2 rings (SSSR count). The van der Waals surface area contributed by atoms with Crippen molar-refractivity contribution in [2.45, 2.75) is 26.8 Å². The SMILES string of the molecule is CCOC(=O)c1c(C)nsc1NC(C)c1cccc(F)c1. The van der Waals surface area contributed by atoms with Crippen LogP contribution in [0.5, 0.6) is 0 Å². The normalized spacial score (nSPS) is 12.0. The van der Waals surface area contributed by atoms with Crippen LogP contribution in [0, 0.1) is 12.7 Å². The third-order valence-electron chi connectivity index (χ3n) is 3.04. The Bertz CT molecular complexity index is 642. The summed E-state index contributed by atoms with van der Waals surface area (Å²) in [6, 6.07) is 6.21. The zero-order valence-electron chi connectivity index (χ0n) is 12.1. The minimum atomic E-state index is -0.391. The van der Waals surface area contributed by atoms with Crippen LogP contribution in [0.25, 0.3) is 0 Å². The summed E-state index contributed by atoms with van der Waals surface area (Å²) >= 11 is 1.20. The fourth-order valence-corrected chi connectivity index (χ4v) is 2.84. The number of aryl methyl sites for hydroxylation is 1. The molecule has 1 heterocycles. The van der Waals surface area contributed by atoms with Crippen LogP contribution in [-0.2, 0) is 4.74 Å². The van der Waals surface area contributed by atoms with Gasteiger partial charge in [-0.2, -0.15) is 4.37 Å². The van der Waals surface area contributed by atoms with Crippen molar-refractivity contribution in [1.82, 2.24) is 4.37 Å². The summed E-state index contributed by atoms with van der Waals surface area (Å²) in [6.07, 6.45) is 0. The molecule has 0 radical (unpaired) electrons. The highest BCUT2D eigenvalue weighted by molar-refractivity contribution is 7.10. The highest BCUT2D eigenvalue weighted by Gasteiger charge is 2.21. The van der Waals surface area contributed by atoms with E-state index in [1.54, 1.807) is 19.9 Å². The van der Waals surface area contributed by atoms with Crippen molar-refractivity contribution in [3.63, 3.8) is 0 Å². The second-order valence-corrected chi connectivity index (χ2v) is 5.39. The summed E-state index contributed by atoms with van der Waals surface area (Å²) in [5, 5.41) is 3.84. The summed E-state index contributed by atoms with van der Waals surface area (Å²) in [5.41, 5.74) is 1.88. The molecule has 0 aliphatic rings. The Morgan fingerprint density at radius 1 is 1.52 bits per heavy atom. The summed E-state index contributed by atoms with van der Waals surface area (Å²) in [5.74, 6) is -0.676. The summed E-state index contributed by atoms with van der Waals surface area (Å²) in [7, 11) is 0. The maximum Gasteiger partial charge on any atom is 0.343 e. The van der Waals surface area contributed by atoms with Gasteiger partial charge in [-0.15, -0.1) is 0 Å². The number of rotatable bonds is 5. The van der Waals surface area contributed by atoms with Gasteiger partial charge in [-0.1, -0.05) is 12.1 Å². The average molecular weight is 308 g/mol. The number of nitrogens with zero attached hydrogens (tertiary/aromatic N) is 1. The van der Waals surface area contributed by atoms with E-state index >= 15 is 0 Å². The number of hydrogen-bond acceptors (Lipinski definition) is 5. The molecule has 0 saturated heterocycles. The first-order chi connectivity index (χ1) is 10.0. The Balaban J connectivity index is 2.22. The molecule has 1 unspecified atom stereocenters. The quantitative estimate of drug-likeness (QED) is 0.850. The first-order valence-corrected chi connectivity index (χ1v) is 7.45. The molecule has 0 saturated carbocycles. The number of anilines is 1. The number of aromatic nitrogens is 1. The number of benzene rings is 1. The van der Waals surface area contributed by atoms with Crippen LogP contribution in [0.15, 0.2) is 24.3 Å². The van der Waals surface area contributed by atoms with Crippen molar-refractivity contribution in [2.24, 2.45) is 0 Å². The van der Waals surface area contributed by atoms with E-state index < -0.39 is 5.97 Å². The molecule has 21 heavy (non-hydrogen) atoms. The second-order valence-electron chi connectivity index (χ2n) is 4.61. The lowest BCUT2D eigenvalue weighted by atomic mass is 10.1. The summed E-state index contributed by atoms with van der Waals surface area (Å²) in [4.78, 5) is 12.0. The predicted octanol–water partition coefficient (Wildman–Crippen LogP) is 3.94. The Kier molecular flexibility index (Phi) is 4.90. The van der Waals surface area contributed by atoms with Crippen LogP contribution in [-0.4, -0.2) is 16.9 Å². The van der Waals surface area contributed by atoms with Crippen LogP contribution in [0.4, 0.5) is 9.39 Å². The first-order valence-electron chi connectivity index (χ1n) is 6.68. The lowest BCUT2D eigenvalue weighted by molar-refractivity contribution is 0.0527. The van der Waals surface area contributed by atoms with Gasteiger partial charge < -0.3 is 10.1 Å². The molecule has 0 fully saturated rings. The lowest BCUT2D eigenvalue weighted by Crippen LogP contribution is -2.11. The van der Waals surface area contributed by atoms with Gasteiger partial charge in [-0.3, -0.25) is 0 Å². The molecule has 4 nitrogen and oxygen atoms in total. The Morgan fingerprint density at radius 2 is 2.29 bits per heavy atom. The number of ether oxygens (including phenoxy) is 1. The molecule has 1 aromatic heterocycles. The first kappa shape index (κ1) is 15.4. The molecule has 1 N–H and O–H groups in total. The van der Waals surface area contributed by atoms with E-state index in [2.05, 4.69) is 9.69 Å². The fraction of sp³-hybridized carbons (Fsp3) is 0.333. The van der Waals surface area contributed by atoms with Gasteiger partial charge in [0.1, 0.15) is 16.4 Å². The van der Waals surface area contributed by atoms with Crippen LogP contribution in [0.1, 0.15) is 41.5 Å². The fourth-order valence-electron chi connectivity index (χ4n) is 1.97. The number of esters is 1. The molecule has 112 valence electrons. The molecule has 0 aliphatic heterocycles. The molecule has 0 bridgehead atoms. The number of halogens is 1. The Morgan fingerprint density at radius 3 is 2.95 bits per heavy atom. The van der Waals surface area contributed by atoms with E-state index in [9.17, 15) is 9.18 Å². The standard InChI is InChI=1S/C15H17FN2O2S/c1-4-20-15(19)13-10(3)18-21-14(13)17-9(2)11-6-5-7-12(16)8-11/h5-9,17H,4H2,1-3H3. The zero-order valence-corrected chi connectivity index (χ0v) is 13.0. The highest BCUT2D eigenvalue weighted by Crippen LogP contribution is 2.29. The lowest BCUT2D eigenvalue weighted by Gasteiger charge is -2.15. The average Bonchev–Trinajstić information content (AvgIpc) is 2.80. The molecular formula is C15H17FN2O2S. The molecule has 6 heteroatoms. The molecule has 2 aromatic rings. The van der Waals surface area contributed by atoms with Crippen molar-refractivity contribution in [3.8, 4) is 0 Å². The number of carbonyl (C=O) groups excluding carboxylic acids is 1. The molecular weight excluding hydrogens is 291 g/mol. The van der Waals surface area contributed by atoms with E-state index in [0.29, 0.717) is 22.9 Å². The van der Waals surface area contributed by atoms with Gasteiger partial charge in [0.05, 0.1) is 12.3 Å². The molecule has 0 spiro atoms. The van der Waals surface area contributed by atoms with Crippen molar-refractivity contribution < 1.29 is 13.9 Å². The highest BCUT2D eigenvalue weighted by atomic mass is 32.1. The van der Waals surface area contributed by atoms with Crippen LogP contribution >= 0.6 is 11.5 Å². The van der Waals surface area contributed by atoms with Gasteiger partial charge in [0.25, 0.3) is 0 Å². The third-order valence-corrected chi connectivity index (χ3v) is 3.91. The van der Waals surface area contributed by atoms with Crippen molar-refractivity contribution in [1.29, 1.82) is 0 Å². The maximum atomic E-state index is 13.3. The predicted molar refractivity (Wildman–Crippen MR) is 81.2 cm³/mol. The van der Waals surface area contributed by atoms with Gasteiger partial charge in [0.15, 0.2) is 0 Å². The summed E-state index contributed by atoms with van der Waals surface area (Å²) < 4.78 is 22.5. The van der Waals surface area contributed by atoms with E-state index in [4.69, 9.17) is 4.74 Å². The summed E-state index contributed by atoms with van der Waals surface area (Å²) in [6.45, 7) is 5.74. The number of carbonyl (C=O) groups is 1. The van der Waals surface area contributed by atoms with Gasteiger partial charge in [0, 0.05) is 6.04 Å². The Labute approximate surface area is 127 Å². The Hall–Kier alpha value is -1.95. The molecule has 0 amide bonds. The minimum Gasteiger partial charge on any atom is -0.462 e. The zero-order chi connectivity index (χ0) is 15.4. The number of nitrogens with one attached hydrogen (secondary N) is 1. The maximum absolute atomic E-state index is 13.3. The van der Waals surface area contributed by atoms with Crippen molar-refractivity contribution >= 4 is 22.5 Å². The van der Waals surface area contributed by atoms with Gasteiger partial charge >= 0.3 is 5.97 Å². The molecule has 0 aliphatic carbocycles. The second kappa shape index (κ2) is 6.67. The van der Waals surface area contributed by atoms with Crippen molar-refractivity contribution in [3.05, 3.63) is 46.9 Å². The van der Waals surface area contributed by atoms with Gasteiger partial charge in [0.2, 0.25) is 0 Å². The van der Waals surface area contributed by atoms with E-state index in [0.717, 1.165) is 5.56 Å². The van der Waals surface area contributed by atoms with Crippen LogP contribution < -0.4 is 5.32 Å². The molecule has 1 atom stereocenters. The van der Waals surface area contributed by atoms with Gasteiger partial charge in [-0.25, -0.2) is 9.18 Å². The topological polar surface area (TPSA) is 51.2 Å². The van der Waals surface area contributed by atoms with Crippen molar-refractivity contribution in [2.75, 3.05) is 11.9 Å². The van der Waals surface area contributed by atoms with E-state index in [1.807, 2.05) is 13.0 Å². The largest absolute Gasteiger partial charge is 0.462 e.